The molecule has 3 rings (SSSR count). The fourth-order valence-electron chi connectivity index (χ4n) is 4.79. The first-order chi connectivity index (χ1) is 16.2. The van der Waals surface area contributed by atoms with Crippen molar-refractivity contribution in [1.82, 2.24) is 4.57 Å². The molecule has 0 fully saturated rings. The molecule has 1 aromatic heterocycles. The number of phenols is 2. The van der Waals surface area contributed by atoms with Crippen LogP contribution in [0.2, 0.25) is 0 Å². The molecule has 0 bridgehead atoms. The maximum Gasteiger partial charge on any atom is 0.123 e. The van der Waals surface area contributed by atoms with Crippen molar-refractivity contribution in [2.24, 2.45) is 18.0 Å². The third-order valence-electron chi connectivity index (χ3n) is 7.03. The van der Waals surface area contributed by atoms with Crippen molar-refractivity contribution in [2.75, 3.05) is 0 Å². The average molecular weight is 479 g/mol. The Bertz CT molecular complexity index is 1210. The largest absolute Gasteiger partial charge is 0.508 e. The topological polar surface area (TPSA) is 57.8 Å². The van der Waals surface area contributed by atoms with Gasteiger partial charge in [-0.3, -0.25) is 0 Å². The molecular weight excluding hydrogens is 440 g/mol. The molecule has 0 saturated carbocycles. The van der Waals surface area contributed by atoms with Gasteiger partial charge in [-0.15, -0.1) is 0 Å². The number of aromatic nitrogens is 1. The maximum absolute atomic E-state index is 10.5. The van der Waals surface area contributed by atoms with Gasteiger partial charge in [0.2, 0.25) is 0 Å². The Kier molecular flexibility index (Phi) is 8.53. The number of hydrogen-bond donors (Lipinski definition) is 2. The summed E-state index contributed by atoms with van der Waals surface area (Å²) in [6.45, 7) is 10.5. The van der Waals surface area contributed by atoms with Crippen LogP contribution in [0.25, 0.3) is 10.9 Å². The summed E-state index contributed by atoms with van der Waals surface area (Å²) in [5.74, 6) is 0.326. The normalized spacial score (nSPS) is 13.9. The summed E-state index contributed by atoms with van der Waals surface area (Å²) in [6.07, 6.45) is 6.47. The van der Waals surface area contributed by atoms with E-state index in [2.05, 4.69) is 56.8 Å². The molecule has 0 aliphatic carbocycles. The zero-order valence-corrected chi connectivity index (χ0v) is 22.2. The first kappa shape index (κ1) is 26.0. The van der Waals surface area contributed by atoms with Gasteiger partial charge in [0.15, 0.2) is 0 Å². The lowest BCUT2D eigenvalue weighted by molar-refractivity contribution is 0.441. The summed E-state index contributed by atoms with van der Waals surface area (Å²) >= 11 is 5.84. The van der Waals surface area contributed by atoms with Gasteiger partial charge < -0.3 is 14.8 Å². The van der Waals surface area contributed by atoms with Gasteiger partial charge >= 0.3 is 0 Å². The Hall–Kier alpha value is -2.66. The van der Waals surface area contributed by atoms with Crippen molar-refractivity contribution < 1.29 is 10.2 Å². The molecule has 4 nitrogen and oxygen atoms in total. The van der Waals surface area contributed by atoms with Crippen LogP contribution in [-0.4, -0.2) is 25.5 Å². The second kappa shape index (κ2) is 11.2. The molecule has 0 saturated heterocycles. The van der Waals surface area contributed by atoms with E-state index >= 15 is 0 Å². The van der Waals surface area contributed by atoms with E-state index in [9.17, 15) is 10.2 Å². The quantitative estimate of drug-likeness (QED) is 0.251. The van der Waals surface area contributed by atoms with Gasteiger partial charge in [0.25, 0.3) is 0 Å². The number of rotatable bonds is 9. The summed E-state index contributed by atoms with van der Waals surface area (Å²) in [5.41, 5.74) is 6.48. The summed E-state index contributed by atoms with van der Waals surface area (Å²) in [4.78, 5) is 5.65. The van der Waals surface area contributed by atoms with Crippen LogP contribution in [0.15, 0.2) is 41.5 Å². The minimum absolute atomic E-state index is 0.0841. The number of fused-ring (bicyclic) bond motifs is 1. The Balaban J connectivity index is 1.86. The Labute approximate surface area is 209 Å². The number of aliphatic imine (C=N–C) groups is 1. The molecule has 2 N–H and O–H groups in total. The van der Waals surface area contributed by atoms with Crippen LogP contribution >= 0.6 is 12.2 Å². The Morgan fingerprint density at radius 3 is 2.32 bits per heavy atom. The van der Waals surface area contributed by atoms with E-state index in [0.717, 1.165) is 47.5 Å². The van der Waals surface area contributed by atoms with Crippen LogP contribution in [0, 0.1) is 5.92 Å². The fraction of sp³-hybridized carbons (Fsp3) is 0.448. The molecule has 5 heteroatoms. The molecule has 2 aromatic carbocycles. The van der Waals surface area contributed by atoms with E-state index < -0.39 is 0 Å². The standard InChI is InChI=1S/C29H38N2O2S/c1-7-20-15-23(28(33)16-27(20)32)18(5)25(10-4)30-29(34)21(8-2)13-19-11-12-26-24(14-19)22(9-3)17-31(26)6/h11-12,14-18,21,32-33H,7-10,13H2,1-6H3. The lowest BCUT2D eigenvalue weighted by atomic mass is 9.91. The minimum Gasteiger partial charge on any atom is -0.508 e. The molecule has 182 valence electrons. The highest BCUT2D eigenvalue weighted by molar-refractivity contribution is 7.80. The lowest BCUT2D eigenvalue weighted by Gasteiger charge is -2.20. The molecule has 0 spiro atoms. The third-order valence-corrected chi connectivity index (χ3v) is 7.46. The van der Waals surface area contributed by atoms with E-state index in [1.165, 1.54) is 28.1 Å². The van der Waals surface area contributed by atoms with Crippen LogP contribution in [0.5, 0.6) is 11.5 Å². The highest BCUT2D eigenvalue weighted by Gasteiger charge is 2.20. The Morgan fingerprint density at radius 2 is 1.71 bits per heavy atom. The fourth-order valence-corrected chi connectivity index (χ4v) is 5.15. The Morgan fingerprint density at radius 1 is 1.00 bits per heavy atom. The summed E-state index contributed by atoms with van der Waals surface area (Å²) < 4.78 is 2.20. The molecule has 2 unspecified atom stereocenters. The third kappa shape index (κ3) is 5.35. The smallest absolute Gasteiger partial charge is 0.123 e. The van der Waals surface area contributed by atoms with Gasteiger partial charge in [-0.1, -0.05) is 52.9 Å². The highest BCUT2D eigenvalue weighted by Crippen LogP contribution is 2.34. The summed E-state index contributed by atoms with van der Waals surface area (Å²) in [5, 5.41) is 21.9. The second-order valence-corrected chi connectivity index (χ2v) is 9.61. The first-order valence-electron chi connectivity index (χ1n) is 12.5. The van der Waals surface area contributed by atoms with Gasteiger partial charge in [0, 0.05) is 53.3 Å². The van der Waals surface area contributed by atoms with E-state index in [1.54, 1.807) is 0 Å². The minimum atomic E-state index is -0.0841. The number of hydrogen-bond acceptors (Lipinski definition) is 3. The molecule has 34 heavy (non-hydrogen) atoms. The van der Waals surface area contributed by atoms with Crippen molar-refractivity contribution in [3.8, 4) is 11.5 Å². The zero-order chi connectivity index (χ0) is 25.0. The van der Waals surface area contributed by atoms with E-state index in [4.69, 9.17) is 17.2 Å². The number of phenolic OH excluding ortho intramolecular Hbond substituents is 2. The van der Waals surface area contributed by atoms with Crippen LogP contribution in [0.1, 0.15) is 75.6 Å². The number of aromatic hydroxyl groups is 2. The molecule has 0 aliphatic heterocycles. The average Bonchev–Trinajstić information content (AvgIpc) is 3.15. The lowest BCUT2D eigenvalue weighted by Crippen LogP contribution is -2.17. The molecule has 0 amide bonds. The number of benzene rings is 2. The van der Waals surface area contributed by atoms with Gasteiger partial charge in [-0.25, -0.2) is 4.99 Å². The van der Waals surface area contributed by atoms with Gasteiger partial charge in [0.1, 0.15) is 16.5 Å². The van der Waals surface area contributed by atoms with Crippen LogP contribution in [0.4, 0.5) is 0 Å². The van der Waals surface area contributed by atoms with Gasteiger partial charge in [-0.2, -0.15) is 0 Å². The summed E-state index contributed by atoms with van der Waals surface area (Å²) in [6, 6.07) is 10.1. The maximum atomic E-state index is 10.5. The van der Waals surface area contributed by atoms with E-state index in [-0.39, 0.29) is 23.3 Å². The van der Waals surface area contributed by atoms with Crippen molar-refractivity contribution in [3.63, 3.8) is 0 Å². The predicted octanol–water partition coefficient (Wildman–Crippen LogP) is 7.27. The van der Waals surface area contributed by atoms with Crippen molar-refractivity contribution >= 4 is 33.8 Å². The first-order valence-corrected chi connectivity index (χ1v) is 12.9. The highest BCUT2D eigenvalue weighted by atomic mass is 32.1. The number of thiocarbonyl (C=S) groups is 1. The van der Waals surface area contributed by atoms with Crippen LogP contribution < -0.4 is 0 Å². The van der Waals surface area contributed by atoms with E-state index in [1.807, 2.05) is 19.9 Å². The molecule has 1 heterocycles. The number of nitrogens with zero attached hydrogens (tertiary/aromatic N) is 2. The summed E-state index contributed by atoms with van der Waals surface area (Å²) in [7, 11) is 2.10. The number of aryl methyl sites for hydroxylation is 3. The van der Waals surface area contributed by atoms with Crippen molar-refractivity contribution in [1.29, 1.82) is 0 Å². The van der Waals surface area contributed by atoms with Crippen molar-refractivity contribution in [2.45, 2.75) is 72.6 Å². The van der Waals surface area contributed by atoms with Gasteiger partial charge in [-0.05, 0) is 67.0 Å². The van der Waals surface area contributed by atoms with Crippen LogP contribution in [-0.2, 0) is 26.3 Å². The predicted molar refractivity (Wildman–Crippen MR) is 148 cm³/mol. The zero-order valence-electron chi connectivity index (χ0n) is 21.4. The SMILES string of the molecule is CCC(=NC(=S)C(CC)Cc1ccc2c(c1)c(CC)cn2C)C(C)c1cc(CC)c(O)cc1O. The second-order valence-electron chi connectivity index (χ2n) is 9.19. The molecular formula is C29H38N2O2S. The molecule has 2 atom stereocenters. The monoisotopic (exact) mass is 478 g/mol. The van der Waals surface area contributed by atoms with Gasteiger partial charge in [0.05, 0.1) is 0 Å². The van der Waals surface area contributed by atoms with Crippen molar-refractivity contribution in [3.05, 3.63) is 58.8 Å². The van der Waals surface area contributed by atoms with E-state index in [0.29, 0.717) is 6.42 Å². The molecule has 0 aliphatic rings. The molecule has 0 radical (unpaired) electrons. The van der Waals surface area contributed by atoms with Crippen LogP contribution in [0.3, 0.4) is 0 Å². The molecule has 3 aromatic rings.